The normalized spacial score (nSPS) is 23.2. The van der Waals surface area contributed by atoms with Gasteiger partial charge < -0.3 is 9.64 Å². The SMILES string of the molecule is Cc1ccccc1C1CCN(C(=O)C2Cc3ccccc3CO2)CCS1. The predicted octanol–water partition coefficient (Wildman–Crippen LogP) is 4.14. The summed E-state index contributed by atoms with van der Waals surface area (Å²) in [4.78, 5) is 15.0. The Morgan fingerprint density at radius 2 is 1.85 bits per heavy atom. The van der Waals surface area contributed by atoms with Crippen LogP contribution in [-0.2, 0) is 22.6 Å². The smallest absolute Gasteiger partial charge is 0.252 e. The van der Waals surface area contributed by atoms with Crippen LogP contribution in [0.2, 0.25) is 0 Å². The number of benzene rings is 2. The van der Waals surface area contributed by atoms with E-state index in [0.29, 0.717) is 18.3 Å². The highest BCUT2D eigenvalue weighted by Crippen LogP contribution is 2.36. The Hall–Kier alpha value is -1.78. The highest BCUT2D eigenvalue weighted by Gasteiger charge is 2.31. The third kappa shape index (κ3) is 3.67. The van der Waals surface area contributed by atoms with E-state index in [1.807, 2.05) is 28.8 Å². The monoisotopic (exact) mass is 367 g/mol. The van der Waals surface area contributed by atoms with E-state index >= 15 is 0 Å². The highest BCUT2D eigenvalue weighted by molar-refractivity contribution is 7.99. The molecule has 2 aromatic rings. The van der Waals surface area contributed by atoms with Crippen molar-refractivity contribution in [2.24, 2.45) is 0 Å². The molecule has 0 N–H and O–H groups in total. The third-order valence-corrected chi connectivity index (χ3v) is 6.74. The van der Waals surface area contributed by atoms with Gasteiger partial charge in [0.1, 0.15) is 6.10 Å². The minimum absolute atomic E-state index is 0.158. The van der Waals surface area contributed by atoms with Crippen LogP contribution >= 0.6 is 11.8 Å². The molecule has 0 radical (unpaired) electrons. The first-order chi connectivity index (χ1) is 12.7. The number of fused-ring (bicyclic) bond motifs is 1. The van der Waals surface area contributed by atoms with Crippen molar-refractivity contribution in [2.75, 3.05) is 18.8 Å². The summed E-state index contributed by atoms with van der Waals surface area (Å²) in [7, 11) is 0. The zero-order chi connectivity index (χ0) is 17.9. The molecule has 0 bridgehead atoms. The van der Waals surface area contributed by atoms with Gasteiger partial charge in [-0.05, 0) is 35.6 Å². The molecule has 2 unspecified atom stereocenters. The van der Waals surface area contributed by atoms with Crippen LogP contribution in [-0.4, -0.2) is 35.8 Å². The van der Waals surface area contributed by atoms with Crippen LogP contribution in [0.4, 0.5) is 0 Å². The second-order valence-corrected chi connectivity index (χ2v) is 8.41. The standard InChI is InChI=1S/C22H25NO2S/c1-16-6-2-5-9-19(16)21-10-11-23(12-13-26-21)22(24)20-14-17-7-3-4-8-18(17)15-25-20/h2-9,20-21H,10-15H2,1H3. The Labute approximate surface area is 159 Å². The van der Waals surface area contributed by atoms with Crippen LogP contribution in [0.25, 0.3) is 0 Å². The molecule has 136 valence electrons. The lowest BCUT2D eigenvalue weighted by molar-refractivity contribution is -0.145. The molecule has 1 fully saturated rings. The summed E-state index contributed by atoms with van der Waals surface area (Å²) in [5.41, 5.74) is 5.22. The quantitative estimate of drug-likeness (QED) is 0.799. The average molecular weight is 368 g/mol. The van der Waals surface area contributed by atoms with E-state index in [4.69, 9.17) is 4.74 Å². The molecule has 0 aromatic heterocycles. The highest BCUT2D eigenvalue weighted by atomic mass is 32.2. The molecule has 4 rings (SSSR count). The number of hydrogen-bond acceptors (Lipinski definition) is 3. The molecule has 4 heteroatoms. The molecule has 2 aliphatic heterocycles. The lowest BCUT2D eigenvalue weighted by atomic mass is 9.98. The van der Waals surface area contributed by atoms with Gasteiger partial charge in [0.2, 0.25) is 0 Å². The first-order valence-corrected chi connectivity index (χ1v) is 10.4. The van der Waals surface area contributed by atoms with E-state index in [2.05, 4.69) is 43.3 Å². The predicted molar refractivity (Wildman–Crippen MR) is 106 cm³/mol. The van der Waals surface area contributed by atoms with Crippen LogP contribution < -0.4 is 0 Å². The second-order valence-electron chi connectivity index (χ2n) is 7.10. The molecule has 2 heterocycles. The van der Waals surface area contributed by atoms with E-state index in [1.54, 1.807) is 0 Å². The largest absolute Gasteiger partial charge is 0.363 e. The topological polar surface area (TPSA) is 29.5 Å². The van der Waals surface area contributed by atoms with Gasteiger partial charge in [0.25, 0.3) is 5.91 Å². The molecule has 2 aromatic carbocycles. The molecule has 3 nitrogen and oxygen atoms in total. The zero-order valence-corrected chi connectivity index (χ0v) is 16.0. The molecule has 26 heavy (non-hydrogen) atoms. The molecule has 0 spiro atoms. The van der Waals surface area contributed by atoms with Crippen LogP contribution in [0.15, 0.2) is 48.5 Å². The molecule has 0 aliphatic carbocycles. The van der Waals surface area contributed by atoms with Crippen LogP contribution in [0.1, 0.15) is 33.9 Å². The number of amides is 1. The number of aryl methyl sites for hydroxylation is 1. The Bertz CT molecular complexity index is 791. The molecule has 1 amide bonds. The maximum Gasteiger partial charge on any atom is 0.252 e. The lowest BCUT2D eigenvalue weighted by Gasteiger charge is -2.29. The van der Waals surface area contributed by atoms with Crippen molar-refractivity contribution in [3.8, 4) is 0 Å². The van der Waals surface area contributed by atoms with Crippen LogP contribution in [0.5, 0.6) is 0 Å². The van der Waals surface area contributed by atoms with Gasteiger partial charge in [-0.25, -0.2) is 0 Å². The van der Waals surface area contributed by atoms with E-state index < -0.39 is 0 Å². The number of nitrogens with zero attached hydrogens (tertiary/aromatic N) is 1. The summed E-state index contributed by atoms with van der Waals surface area (Å²) in [6.07, 6.45) is 1.37. The van der Waals surface area contributed by atoms with Gasteiger partial charge in [0, 0.05) is 30.5 Å². The van der Waals surface area contributed by atoms with E-state index in [0.717, 1.165) is 25.3 Å². The maximum atomic E-state index is 13.0. The number of carbonyl (C=O) groups excluding carboxylic acids is 1. The van der Waals surface area contributed by atoms with Gasteiger partial charge in [0.15, 0.2) is 0 Å². The lowest BCUT2D eigenvalue weighted by Crippen LogP contribution is -2.43. The Balaban J connectivity index is 1.41. The number of ether oxygens (including phenoxy) is 1. The minimum atomic E-state index is -0.329. The Morgan fingerprint density at radius 3 is 2.69 bits per heavy atom. The number of hydrogen-bond donors (Lipinski definition) is 0. The summed E-state index contributed by atoms with van der Waals surface area (Å²) in [5, 5.41) is 0.474. The number of rotatable bonds is 2. The average Bonchev–Trinajstić information content (AvgIpc) is 2.93. The van der Waals surface area contributed by atoms with Gasteiger partial charge in [-0.3, -0.25) is 4.79 Å². The molecule has 1 saturated heterocycles. The molecule has 2 aliphatic rings. The van der Waals surface area contributed by atoms with Gasteiger partial charge >= 0.3 is 0 Å². The molecular formula is C22H25NO2S. The third-order valence-electron chi connectivity index (χ3n) is 5.43. The van der Waals surface area contributed by atoms with Crippen molar-refractivity contribution in [1.82, 2.24) is 4.90 Å². The molecular weight excluding hydrogens is 342 g/mol. The van der Waals surface area contributed by atoms with Crippen LogP contribution in [0.3, 0.4) is 0 Å². The number of carbonyl (C=O) groups is 1. The summed E-state index contributed by atoms with van der Waals surface area (Å²) < 4.78 is 5.89. The van der Waals surface area contributed by atoms with Crippen molar-refractivity contribution < 1.29 is 9.53 Å². The molecule has 2 atom stereocenters. The summed E-state index contributed by atoms with van der Waals surface area (Å²) in [5.74, 6) is 1.14. The van der Waals surface area contributed by atoms with Gasteiger partial charge in [-0.2, -0.15) is 11.8 Å². The first-order valence-electron chi connectivity index (χ1n) is 9.36. The summed E-state index contributed by atoms with van der Waals surface area (Å²) >= 11 is 1.97. The first kappa shape index (κ1) is 17.6. The summed E-state index contributed by atoms with van der Waals surface area (Å²) in [6.45, 7) is 4.34. The van der Waals surface area contributed by atoms with Gasteiger partial charge in [-0.1, -0.05) is 48.5 Å². The van der Waals surface area contributed by atoms with Crippen LogP contribution in [0, 0.1) is 6.92 Å². The van der Waals surface area contributed by atoms with E-state index in [9.17, 15) is 4.79 Å². The van der Waals surface area contributed by atoms with Gasteiger partial charge in [0.05, 0.1) is 6.61 Å². The van der Waals surface area contributed by atoms with Crippen molar-refractivity contribution in [2.45, 2.75) is 37.7 Å². The Kier molecular flexibility index (Phi) is 5.32. The van der Waals surface area contributed by atoms with Crippen molar-refractivity contribution in [3.05, 3.63) is 70.8 Å². The molecule has 0 saturated carbocycles. The fourth-order valence-corrected chi connectivity index (χ4v) is 5.22. The van der Waals surface area contributed by atoms with Crippen molar-refractivity contribution in [1.29, 1.82) is 0 Å². The van der Waals surface area contributed by atoms with Crippen molar-refractivity contribution >= 4 is 17.7 Å². The fourth-order valence-electron chi connectivity index (χ4n) is 3.90. The Morgan fingerprint density at radius 1 is 1.08 bits per heavy atom. The fraction of sp³-hybridized carbons (Fsp3) is 0.409. The second kappa shape index (κ2) is 7.85. The van der Waals surface area contributed by atoms with Crippen molar-refractivity contribution in [3.63, 3.8) is 0 Å². The number of thioether (sulfide) groups is 1. The van der Waals surface area contributed by atoms with E-state index in [1.165, 1.54) is 22.3 Å². The van der Waals surface area contributed by atoms with E-state index in [-0.39, 0.29) is 12.0 Å². The summed E-state index contributed by atoms with van der Waals surface area (Å²) in [6, 6.07) is 16.9. The van der Waals surface area contributed by atoms with Gasteiger partial charge in [-0.15, -0.1) is 0 Å². The minimum Gasteiger partial charge on any atom is -0.363 e. The maximum absolute atomic E-state index is 13.0. The zero-order valence-electron chi connectivity index (χ0n) is 15.2.